The molecule has 4 nitrogen and oxygen atoms in total. The van der Waals surface area contributed by atoms with E-state index >= 15 is 0 Å². The van der Waals surface area contributed by atoms with Crippen LogP contribution in [0.1, 0.15) is 18.7 Å². The molecule has 0 radical (unpaired) electrons. The molecule has 0 aliphatic carbocycles. The summed E-state index contributed by atoms with van der Waals surface area (Å²) in [5, 5.41) is 1.06. The molecule has 0 amide bonds. The number of thiol groups is 1. The smallest absolute Gasteiger partial charge is 0.205 e. The van der Waals surface area contributed by atoms with Gasteiger partial charge in [0.25, 0.3) is 0 Å². The second kappa shape index (κ2) is 4.67. The van der Waals surface area contributed by atoms with Crippen molar-refractivity contribution >= 4 is 29.5 Å². The highest BCUT2D eigenvalue weighted by Crippen LogP contribution is 2.23. The van der Waals surface area contributed by atoms with E-state index in [4.69, 9.17) is 0 Å². The molecule has 2 rings (SSSR count). The quantitative estimate of drug-likeness (QED) is 0.801. The summed E-state index contributed by atoms with van der Waals surface area (Å²) in [6.07, 6.45) is 2.30. The van der Waals surface area contributed by atoms with Crippen LogP contribution in [0.15, 0.2) is 0 Å². The summed E-state index contributed by atoms with van der Waals surface area (Å²) in [7, 11) is 2.03. The van der Waals surface area contributed by atoms with Crippen molar-refractivity contribution in [2.45, 2.75) is 25.8 Å². The molecule has 0 bridgehead atoms. The molecule has 1 fully saturated rings. The Bertz CT molecular complexity index is 318. The van der Waals surface area contributed by atoms with E-state index in [1.54, 1.807) is 0 Å². The van der Waals surface area contributed by atoms with Gasteiger partial charge in [-0.25, -0.2) is 4.98 Å². The highest BCUT2D eigenvalue weighted by Gasteiger charge is 2.22. The minimum Gasteiger partial charge on any atom is -0.347 e. The Balaban J connectivity index is 1.93. The van der Waals surface area contributed by atoms with Gasteiger partial charge in [0.15, 0.2) is 0 Å². The lowest BCUT2D eigenvalue weighted by atomic mass is 10.1. The van der Waals surface area contributed by atoms with E-state index < -0.39 is 0 Å². The molecule has 1 aromatic rings. The maximum absolute atomic E-state index is 4.40. The van der Waals surface area contributed by atoms with Crippen molar-refractivity contribution in [2.75, 3.05) is 25.0 Å². The van der Waals surface area contributed by atoms with Crippen LogP contribution in [0.3, 0.4) is 0 Å². The Kier molecular flexibility index (Phi) is 3.48. The van der Waals surface area contributed by atoms with Crippen LogP contribution in [-0.2, 0) is 0 Å². The first-order valence-corrected chi connectivity index (χ1v) is 6.31. The Labute approximate surface area is 100 Å². The molecule has 6 heteroatoms. The number of aryl methyl sites for hydroxylation is 1. The largest absolute Gasteiger partial charge is 0.347 e. The van der Waals surface area contributed by atoms with Gasteiger partial charge in [0.1, 0.15) is 5.82 Å². The molecule has 1 saturated heterocycles. The molecule has 0 saturated carbocycles. The van der Waals surface area contributed by atoms with E-state index in [1.807, 2.05) is 18.3 Å². The predicted molar refractivity (Wildman–Crippen MR) is 66.6 cm³/mol. The van der Waals surface area contributed by atoms with Crippen LogP contribution in [0.2, 0.25) is 0 Å². The summed E-state index contributed by atoms with van der Waals surface area (Å²) in [6.45, 7) is 4.06. The highest BCUT2D eigenvalue weighted by molar-refractivity contribution is 7.77. The van der Waals surface area contributed by atoms with Gasteiger partial charge in [0.05, 0.1) is 0 Å². The van der Waals surface area contributed by atoms with Gasteiger partial charge >= 0.3 is 0 Å². The number of rotatable bonds is 2. The zero-order valence-corrected chi connectivity index (χ0v) is 10.8. The molecule has 0 N–H and O–H groups in total. The van der Waals surface area contributed by atoms with Crippen LogP contribution in [0.4, 0.5) is 5.13 Å². The Morgan fingerprint density at radius 3 is 2.60 bits per heavy atom. The first-order valence-electron chi connectivity index (χ1n) is 5.14. The van der Waals surface area contributed by atoms with E-state index in [0.29, 0.717) is 6.04 Å². The third kappa shape index (κ3) is 2.62. The van der Waals surface area contributed by atoms with E-state index in [1.165, 1.54) is 11.5 Å². The molecule has 0 unspecified atom stereocenters. The standard InChI is InChI=1S/C9H16N4S2/c1-7-10-9(15-11-7)13-5-3-8(4-6-13)12(2)14/h8,14H,3-6H2,1-2H3. The van der Waals surface area contributed by atoms with Gasteiger partial charge in [-0.3, -0.25) is 4.31 Å². The minimum absolute atomic E-state index is 0.596. The van der Waals surface area contributed by atoms with Crippen molar-refractivity contribution < 1.29 is 0 Å². The van der Waals surface area contributed by atoms with Gasteiger partial charge in [-0.05, 0) is 26.8 Å². The van der Waals surface area contributed by atoms with Crippen molar-refractivity contribution in [3.63, 3.8) is 0 Å². The first kappa shape index (κ1) is 11.2. The van der Waals surface area contributed by atoms with Gasteiger partial charge in [0.2, 0.25) is 5.13 Å². The van der Waals surface area contributed by atoms with Gasteiger partial charge in [0, 0.05) is 30.7 Å². The highest BCUT2D eigenvalue weighted by atomic mass is 32.1. The third-order valence-corrected chi connectivity index (χ3v) is 3.98. The van der Waals surface area contributed by atoms with E-state index in [0.717, 1.165) is 36.9 Å². The second-order valence-electron chi connectivity index (χ2n) is 3.92. The lowest BCUT2D eigenvalue weighted by Gasteiger charge is -2.34. The zero-order valence-electron chi connectivity index (χ0n) is 9.05. The topological polar surface area (TPSA) is 32.3 Å². The number of hydrogen-bond acceptors (Lipinski definition) is 6. The van der Waals surface area contributed by atoms with Crippen LogP contribution in [0, 0.1) is 6.92 Å². The number of nitrogens with zero attached hydrogens (tertiary/aromatic N) is 4. The maximum Gasteiger partial charge on any atom is 0.205 e. The molecule has 15 heavy (non-hydrogen) atoms. The maximum atomic E-state index is 4.40. The fourth-order valence-electron chi connectivity index (χ4n) is 1.85. The first-order chi connectivity index (χ1) is 7.16. The van der Waals surface area contributed by atoms with Gasteiger partial charge in [-0.15, -0.1) is 0 Å². The Morgan fingerprint density at radius 2 is 2.13 bits per heavy atom. The third-order valence-electron chi connectivity index (χ3n) is 2.78. The summed E-state index contributed by atoms with van der Waals surface area (Å²) < 4.78 is 6.23. The lowest BCUT2D eigenvalue weighted by Crippen LogP contribution is -2.40. The van der Waals surface area contributed by atoms with Crippen LogP contribution < -0.4 is 4.90 Å². The average molecular weight is 244 g/mol. The SMILES string of the molecule is Cc1nsc(N2CCC(N(C)S)CC2)n1. The predicted octanol–water partition coefficient (Wildman–Crippen LogP) is 1.59. The van der Waals surface area contributed by atoms with E-state index in [2.05, 4.69) is 27.1 Å². The molecule has 1 aromatic heterocycles. The molecule has 0 atom stereocenters. The van der Waals surface area contributed by atoms with Crippen molar-refractivity contribution in [1.82, 2.24) is 13.7 Å². The molecular formula is C9H16N4S2. The molecular weight excluding hydrogens is 228 g/mol. The summed E-state index contributed by atoms with van der Waals surface area (Å²) in [5.74, 6) is 0.878. The van der Waals surface area contributed by atoms with Gasteiger partial charge in [-0.1, -0.05) is 12.8 Å². The molecule has 0 spiro atoms. The molecule has 1 aliphatic heterocycles. The normalized spacial score (nSPS) is 18.8. The monoisotopic (exact) mass is 244 g/mol. The van der Waals surface area contributed by atoms with Gasteiger partial charge < -0.3 is 4.90 Å². The zero-order chi connectivity index (χ0) is 10.8. The van der Waals surface area contributed by atoms with Crippen LogP contribution in [0.25, 0.3) is 0 Å². The molecule has 84 valence electrons. The van der Waals surface area contributed by atoms with Crippen LogP contribution >= 0.6 is 24.3 Å². The van der Waals surface area contributed by atoms with Gasteiger partial charge in [-0.2, -0.15) is 4.37 Å². The fraction of sp³-hybridized carbons (Fsp3) is 0.778. The number of hydrogen-bond donors (Lipinski definition) is 1. The van der Waals surface area contributed by atoms with Crippen molar-refractivity contribution in [3.8, 4) is 0 Å². The second-order valence-corrected chi connectivity index (χ2v) is 5.28. The number of anilines is 1. The van der Waals surface area contributed by atoms with E-state index in [-0.39, 0.29) is 0 Å². The molecule has 0 aromatic carbocycles. The Hall–Kier alpha value is -0.330. The number of aromatic nitrogens is 2. The van der Waals surface area contributed by atoms with Crippen molar-refractivity contribution in [3.05, 3.63) is 5.82 Å². The van der Waals surface area contributed by atoms with E-state index in [9.17, 15) is 0 Å². The minimum atomic E-state index is 0.596. The summed E-state index contributed by atoms with van der Waals surface area (Å²) >= 11 is 5.85. The summed E-state index contributed by atoms with van der Waals surface area (Å²) in [4.78, 5) is 6.72. The summed E-state index contributed by atoms with van der Waals surface area (Å²) in [6, 6.07) is 0.596. The Morgan fingerprint density at radius 1 is 1.47 bits per heavy atom. The van der Waals surface area contributed by atoms with Crippen LogP contribution in [-0.4, -0.2) is 39.8 Å². The van der Waals surface area contributed by atoms with Crippen LogP contribution in [0.5, 0.6) is 0 Å². The van der Waals surface area contributed by atoms with Crippen molar-refractivity contribution in [1.29, 1.82) is 0 Å². The van der Waals surface area contributed by atoms with Crippen molar-refractivity contribution in [2.24, 2.45) is 0 Å². The summed E-state index contributed by atoms with van der Waals surface area (Å²) in [5.41, 5.74) is 0. The molecule has 1 aliphatic rings. The number of piperidine rings is 1. The fourth-order valence-corrected chi connectivity index (χ4v) is 2.80. The molecule has 2 heterocycles. The average Bonchev–Trinajstić information content (AvgIpc) is 2.65. The lowest BCUT2D eigenvalue weighted by molar-refractivity contribution is 0.340.